The summed E-state index contributed by atoms with van der Waals surface area (Å²) >= 11 is 0. The van der Waals surface area contributed by atoms with Gasteiger partial charge >= 0.3 is 0 Å². The molecule has 0 aliphatic carbocycles. The minimum atomic E-state index is 0.786. The maximum Gasteiger partial charge on any atom is 0.0119 e. The molecular formula is C18H28N2. The number of rotatable bonds is 2. The minimum Gasteiger partial charge on any atom is -0.317 e. The average molecular weight is 272 g/mol. The molecule has 2 nitrogen and oxygen atoms in total. The van der Waals surface area contributed by atoms with Crippen LogP contribution in [-0.4, -0.2) is 37.1 Å². The molecule has 0 amide bonds. The zero-order chi connectivity index (χ0) is 13.9. The highest BCUT2D eigenvalue weighted by atomic mass is 15.2. The topological polar surface area (TPSA) is 15.3 Å². The van der Waals surface area contributed by atoms with E-state index in [0.717, 1.165) is 12.0 Å². The van der Waals surface area contributed by atoms with Crippen LogP contribution in [0, 0.1) is 13.8 Å². The van der Waals surface area contributed by atoms with Crippen molar-refractivity contribution in [2.75, 3.05) is 26.2 Å². The molecule has 1 aromatic carbocycles. The molecule has 20 heavy (non-hydrogen) atoms. The van der Waals surface area contributed by atoms with Gasteiger partial charge in [-0.05, 0) is 82.8 Å². The summed E-state index contributed by atoms with van der Waals surface area (Å²) in [6.45, 7) is 9.48. The maximum atomic E-state index is 3.47. The second-order valence-electron chi connectivity index (χ2n) is 6.65. The quantitative estimate of drug-likeness (QED) is 0.889. The van der Waals surface area contributed by atoms with Gasteiger partial charge in [-0.1, -0.05) is 23.8 Å². The fraction of sp³-hybridized carbons (Fsp3) is 0.667. The lowest BCUT2D eigenvalue weighted by Crippen LogP contribution is -2.46. The van der Waals surface area contributed by atoms with Crippen molar-refractivity contribution in [2.24, 2.45) is 0 Å². The summed E-state index contributed by atoms with van der Waals surface area (Å²) in [5.74, 6) is 0.786. The molecule has 2 aliphatic rings. The molecule has 0 unspecified atom stereocenters. The van der Waals surface area contributed by atoms with Crippen LogP contribution < -0.4 is 5.32 Å². The Labute approximate surface area is 123 Å². The van der Waals surface area contributed by atoms with Crippen LogP contribution in [0.15, 0.2) is 18.2 Å². The van der Waals surface area contributed by atoms with Gasteiger partial charge in [0.05, 0.1) is 0 Å². The van der Waals surface area contributed by atoms with Crippen molar-refractivity contribution < 1.29 is 0 Å². The van der Waals surface area contributed by atoms with Crippen LogP contribution in [-0.2, 0) is 0 Å². The Bertz CT molecular complexity index is 441. The third kappa shape index (κ3) is 3.07. The van der Waals surface area contributed by atoms with E-state index in [1.54, 1.807) is 5.56 Å². The Morgan fingerprint density at radius 1 is 1.00 bits per heavy atom. The summed E-state index contributed by atoms with van der Waals surface area (Å²) in [4.78, 5) is 2.75. The molecule has 110 valence electrons. The monoisotopic (exact) mass is 272 g/mol. The van der Waals surface area contributed by atoms with E-state index in [0.29, 0.717) is 0 Å². The Hall–Kier alpha value is -0.860. The number of hydrogen-bond acceptors (Lipinski definition) is 2. The second kappa shape index (κ2) is 6.28. The van der Waals surface area contributed by atoms with Gasteiger partial charge in [-0.25, -0.2) is 0 Å². The predicted octanol–water partition coefficient (Wildman–Crippen LogP) is 3.23. The van der Waals surface area contributed by atoms with E-state index in [4.69, 9.17) is 0 Å². The number of benzene rings is 1. The molecule has 0 spiro atoms. The van der Waals surface area contributed by atoms with Gasteiger partial charge in [-0.2, -0.15) is 0 Å². The first-order chi connectivity index (χ1) is 9.74. The van der Waals surface area contributed by atoms with E-state index in [1.807, 2.05) is 0 Å². The largest absolute Gasteiger partial charge is 0.317 e. The highest BCUT2D eigenvalue weighted by Gasteiger charge is 2.27. The lowest BCUT2D eigenvalue weighted by Gasteiger charge is -2.39. The lowest BCUT2D eigenvalue weighted by molar-refractivity contribution is 0.127. The third-order valence-electron chi connectivity index (χ3n) is 5.22. The van der Waals surface area contributed by atoms with Crippen molar-refractivity contribution in [3.8, 4) is 0 Å². The van der Waals surface area contributed by atoms with Crippen molar-refractivity contribution in [3.63, 3.8) is 0 Å². The normalized spacial score (nSPS) is 23.1. The standard InChI is InChI=1S/C18H28N2/c1-14-3-4-18(15(2)13-14)16-7-11-20(12-8-16)17-5-9-19-10-6-17/h3-4,13,16-17,19H,5-12H2,1-2H3. The third-order valence-corrected chi connectivity index (χ3v) is 5.22. The van der Waals surface area contributed by atoms with Crippen LogP contribution in [0.25, 0.3) is 0 Å². The molecule has 2 fully saturated rings. The van der Waals surface area contributed by atoms with Crippen molar-refractivity contribution >= 4 is 0 Å². The van der Waals surface area contributed by atoms with Crippen LogP contribution in [0.4, 0.5) is 0 Å². The van der Waals surface area contributed by atoms with Crippen LogP contribution in [0.5, 0.6) is 0 Å². The summed E-state index contributed by atoms with van der Waals surface area (Å²) in [6, 6.07) is 7.84. The fourth-order valence-corrected chi connectivity index (χ4v) is 4.03. The zero-order valence-corrected chi connectivity index (χ0v) is 13.0. The molecule has 0 radical (unpaired) electrons. The highest BCUT2D eigenvalue weighted by molar-refractivity contribution is 5.33. The highest BCUT2D eigenvalue weighted by Crippen LogP contribution is 2.32. The lowest BCUT2D eigenvalue weighted by atomic mass is 9.85. The first kappa shape index (κ1) is 14.1. The Morgan fingerprint density at radius 2 is 1.70 bits per heavy atom. The van der Waals surface area contributed by atoms with Gasteiger partial charge in [0.15, 0.2) is 0 Å². The molecular weight excluding hydrogens is 244 g/mol. The molecule has 1 N–H and O–H groups in total. The van der Waals surface area contributed by atoms with Crippen LogP contribution in [0.1, 0.15) is 48.3 Å². The maximum absolute atomic E-state index is 3.47. The van der Waals surface area contributed by atoms with Crippen LogP contribution >= 0.6 is 0 Å². The fourth-order valence-electron chi connectivity index (χ4n) is 4.03. The molecule has 1 aromatic rings. The van der Waals surface area contributed by atoms with Gasteiger partial charge < -0.3 is 10.2 Å². The number of piperidine rings is 2. The van der Waals surface area contributed by atoms with Gasteiger partial charge in [0.1, 0.15) is 0 Å². The predicted molar refractivity (Wildman–Crippen MR) is 85.4 cm³/mol. The minimum absolute atomic E-state index is 0.786. The van der Waals surface area contributed by atoms with E-state index in [9.17, 15) is 0 Å². The van der Waals surface area contributed by atoms with Crippen LogP contribution in [0.2, 0.25) is 0 Å². The van der Waals surface area contributed by atoms with Gasteiger partial charge in [0.2, 0.25) is 0 Å². The van der Waals surface area contributed by atoms with Gasteiger partial charge in [-0.15, -0.1) is 0 Å². The smallest absolute Gasteiger partial charge is 0.0119 e. The molecule has 0 bridgehead atoms. The molecule has 0 aromatic heterocycles. The number of hydrogen-bond donors (Lipinski definition) is 1. The van der Waals surface area contributed by atoms with E-state index in [2.05, 4.69) is 42.3 Å². The van der Waals surface area contributed by atoms with Crippen molar-refractivity contribution in [1.29, 1.82) is 0 Å². The van der Waals surface area contributed by atoms with Gasteiger partial charge in [0.25, 0.3) is 0 Å². The summed E-state index contributed by atoms with van der Waals surface area (Å²) in [7, 11) is 0. The number of likely N-dealkylation sites (tertiary alicyclic amines) is 1. The Morgan fingerprint density at radius 3 is 2.35 bits per heavy atom. The Balaban J connectivity index is 1.60. The SMILES string of the molecule is Cc1ccc(C2CCN(C3CCNCC3)CC2)c(C)c1. The molecule has 0 saturated carbocycles. The first-order valence-corrected chi connectivity index (χ1v) is 8.26. The molecule has 2 aliphatic heterocycles. The molecule has 3 rings (SSSR count). The molecule has 2 heterocycles. The van der Waals surface area contributed by atoms with Crippen molar-refractivity contribution in [3.05, 3.63) is 34.9 Å². The van der Waals surface area contributed by atoms with Gasteiger partial charge in [-0.3, -0.25) is 0 Å². The number of nitrogens with one attached hydrogen (secondary N) is 1. The summed E-state index contributed by atoms with van der Waals surface area (Å²) < 4.78 is 0. The molecule has 2 saturated heterocycles. The van der Waals surface area contributed by atoms with E-state index in [-0.39, 0.29) is 0 Å². The van der Waals surface area contributed by atoms with E-state index < -0.39 is 0 Å². The van der Waals surface area contributed by atoms with Gasteiger partial charge in [0, 0.05) is 6.04 Å². The van der Waals surface area contributed by atoms with Crippen LogP contribution in [0.3, 0.4) is 0 Å². The molecule has 0 atom stereocenters. The second-order valence-corrected chi connectivity index (χ2v) is 6.65. The summed E-state index contributed by atoms with van der Waals surface area (Å²) in [5.41, 5.74) is 4.48. The number of aryl methyl sites for hydroxylation is 2. The van der Waals surface area contributed by atoms with Crippen molar-refractivity contribution in [1.82, 2.24) is 10.2 Å². The Kier molecular flexibility index (Phi) is 4.42. The summed E-state index contributed by atoms with van der Waals surface area (Å²) in [5, 5.41) is 3.47. The summed E-state index contributed by atoms with van der Waals surface area (Å²) in [6.07, 6.45) is 5.37. The number of nitrogens with zero attached hydrogens (tertiary/aromatic N) is 1. The van der Waals surface area contributed by atoms with E-state index in [1.165, 1.54) is 63.0 Å². The van der Waals surface area contributed by atoms with E-state index >= 15 is 0 Å². The molecule has 2 heteroatoms. The first-order valence-electron chi connectivity index (χ1n) is 8.26. The zero-order valence-electron chi connectivity index (χ0n) is 13.0. The van der Waals surface area contributed by atoms with Crippen molar-refractivity contribution in [2.45, 2.75) is 51.5 Å². The average Bonchev–Trinajstić information content (AvgIpc) is 2.48.